The summed E-state index contributed by atoms with van der Waals surface area (Å²) in [5.41, 5.74) is 1.60. The van der Waals surface area contributed by atoms with Crippen LogP contribution >= 0.6 is 0 Å². The largest absolute Gasteiger partial charge is 0.496 e. The third-order valence-electron chi connectivity index (χ3n) is 4.60. The zero-order valence-corrected chi connectivity index (χ0v) is 16.1. The molecule has 0 aromatic heterocycles. The van der Waals surface area contributed by atoms with Crippen LogP contribution < -0.4 is 9.47 Å². The summed E-state index contributed by atoms with van der Waals surface area (Å²) >= 11 is 0. The smallest absolute Gasteiger partial charge is 0.338 e. The molecule has 2 aromatic rings. The van der Waals surface area contributed by atoms with Crippen molar-refractivity contribution in [2.45, 2.75) is 32.5 Å². The van der Waals surface area contributed by atoms with Crippen molar-refractivity contribution in [3.63, 3.8) is 0 Å². The zero-order chi connectivity index (χ0) is 19.9. The van der Waals surface area contributed by atoms with Crippen molar-refractivity contribution in [2.75, 3.05) is 20.3 Å². The Hall–Kier alpha value is -2.86. The maximum Gasteiger partial charge on any atom is 0.338 e. The molecule has 28 heavy (non-hydrogen) atoms. The van der Waals surface area contributed by atoms with Crippen molar-refractivity contribution in [3.8, 4) is 11.5 Å². The molecule has 0 aliphatic carbocycles. The SMILES string of the molecule is COc1ccc(C(C)=O)cc1COC(=O)c1ccc(OC[C@H]2CCCO2)cc1. The third-order valence-corrected chi connectivity index (χ3v) is 4.60. The van der Waals surface area contributed by atoms with Crippen LogP contribution in [0.15, 0.2) is 42.5 Å². The number of rotatable bonds is 8. The molecule has 1 aliphatic heterocycles. The number of Topliss-reactive ketones (excluding diaryl/α,β-unsaturated/α-hetero) is 1. The number of hydrogen-bond donors (Lipinski definition) is 0. The maximum atomic E-state index is 12.3. The van der Waals surface area contributed by atoms with Crippen LogP contribution in [-0.4, -0.2) is 38.2 Å². The first-order valence-electron chi connectivity index (χ1n) is 9.26. The predicted molar refractivity (Wildman–Crippen MR) is 103 cm³/mol. The van der Waals surface area contributed by atoms with Gasteiger partial charge in [0.1, 0.15) is 24.7 Å². The van der Waals surface area contributed by atoms with E-state index in [4.69, 9.17) is 18.9 Å². The molecule has 6 heteroatoms. The Kier molecular flexibility index (Phi) is 6.66. The molecule has 148 valence electrons. The molecule has 0 bridgehead atoms. The van der Waals surface area contributed by atoms with E-state index in [0.29, 0.717) is 34.8 Å². The van der Waals surface area contributed by atoms with Crippen molar-refractivity contribution in [1.82, 2.24) is 0 Å². The van der Waals surface area contributed by atoms with Gasteiger partial charge >= 0.3 is 5.97 Å². The Morgan fingerprint density at radius 2 is 1.86 bits per heavy atom. The van der Waals surface area contributed by atoms with Gasteiger partial charge in [0.05, 0.1) is 18.8 Å². The molecular weight excluding hydrogens is 360 g/mol. The monoisotopic (exact) mass is 384 g/mol. The van der Waals surface area contributed by atoms with Gasteiger partial charge in [0.25, 0.3) is 0 Å². The van der Waals surface area contributed by atoms with Crippen molar-refractivity contribution < 1.29 is 28.5 Å². The van der Waals surface area contributed by atoms with Gasteiger partial charge in [-0.1, -0.05) is 0 Å². The van der Waals surface area contributed by atoms with E-state index in [1.807, 2.05) is 0 Å². The number of ether oxygens (including phenoxy) is 4. The van der Waals surface area contributed by atoms with Gasteiger partial charge in [0.15, 0.2) is 5.78 Å². The highest BCUT2D eigenvalue weighted by Gasteiger charge is 2.16. The summed E-state index contributed by atoms with van der Waals surface area (Å²) in [5, 5.41) is 0. The minimum Gasteiger partial charge on any atom is -0.496 e. The van der Waals surface area contributed by atoms with Gasteiger partial charge in [-0.25, -0.2) is 4.79 Å². The molecule has 1 fully saturated rings. The number of benzene rings is 2. The molecule has 1 saturated heterocycles. The van der Waals surface area contributed by atoms with Gasteiger partial charge < -0.3 is 18.9 Å². The van der Waals surface area contributed by atoms with E-state index in [-0.39, 0.29) is 18.5 Å². The lowest BCUT2D eigenvalue weighted by Crippen LogP contribution is -2.16. The summed E-state index contributed by atoms with van der Waals surface area (Å²) in [5.74, 6) is 0.730. The minimum atomic E-state index is -0.457. The summed E-state index contributed by atoms with van der Waals surface area (Å²) in [4.78, 5) is 23.9. The van der Waals surface area contributed by atoms with Gasteiger partial charge in [0.2, 0.25) is 0 Å². The van der Waals surface area contributed by atoms with Crippen LogP contribution in [0.4, 0.5) is 0 Å². The van der Waals surface area contributed by atoms with Crippen LogP contribution in [0, 0.1) is 0 Å². The highest BCUT2D eigenvalue weighted by molar-refractivity contribution is 5.94. The molecular formula is C22H24O6. The maximum absolute atomic E-state index is 12.3. The highest BCUT2D eigenvalue weighted by Crippen LogP contribution is 2.22. The average Bonchev–Trinajstić information content (AvgIpc) is 3.24. The van der Waals surface area contributed by atoms with Gasteiger partial charge in [-0.05, 0) is 62.2 Å². The minimum absolute atomic E-state index is 0.0143. The molecule has 0 radical (unpaired) electrons. The lowest BCUT2D eigenvalue weighted by atomic mass is 10.1. The normalized spacial score (nSPS) is 15.9. The number of ketones is 1. The number of methoxy groups -OCH3 is 1. The second-order valence-electron chi connectivity index (χ2n) is 6.63. The van der Waals surface area contributed by atoms with Crippen molar-refractivity contribution >= 4 is 11.8 Å². The summed E-state index contributed by atoms with van der Waals surface area (Å²) in [7, 11) is 1.53. The molecule has 3 rings (SSSR count). The van der Waals surface area contributed by atoms with E-state index < -0.39 is 5.97 Å². The lowest BCUT2D eigenvalue weighted by Gasteiger charge is -2.12. The Morgan fingerprint density at radius 3 is 2.50 bits per heavy atom. The Bertz CT molecular complexity index is 821. The van der Waals surface area contributed by atoms with E-state index in [9.17, 15) is 9.59 Å². The standard InChI is InChI=1S/C22H24O6/c1-15(23)17-7-10-21(25-2)18(12-17)13-28-22(24)16-5-8-19(9-6-16)27-14-20-4-3-11-26-20/h5-10,12,20H,3-4,11,13-14H2,1-2H3/t20-/m1/s1. The van der Waals surface area contributed by atoms with Crippen LogP contribution in [0.25, 0.3) is 0 Å². The van der Waals surface area contributed by atoms with Gasteiger partial charge in [-0.2, -0.15) is 0 Å². The van der Waals surface area contributed by atoms with Crippen LogP contribution in [-0.2, 0) is 16.1 Å². The van der Waals surface area contributed by atoms with Crippen molar-refractivity contribution in [2.24, 2.45) is 0 Å². The fourth-order valence-corrected chi connectivity index (χ4v) is 2.99. The zero-order valence-electron chi connectivity index (χ0n) is 16.1. The first-order chi connectivity index (χ1) is 13.6. The predicted octanol–water partition coefficient (Wildman–Crippen LogP) is 3.81. The first-order valence-corrected chi connectivity index (χ1v) is 9.26. The van der Waals surface area contributed by atoms with Crippen molar-refractivity contribution in [3.05, 3.63) is 59.2 Å². The summed E-state index contributed by atoms with van der Waals surface area (Å²) in [6.45, 7) is 2.80. The number of esters is 1. The molecule has 0 saturated carbocycles. The fourth-order valence-electron chi connectivity index (χ4n) is 2.99. The van der Waals surface area contributed by atoms with E-state index in [1.54, 1.807) is 42.5 Å². The second-order valence-corrected chi connectivity index (χ2v) is 6.63. The summed E-state index contributed by atoms with van der Waals surface area (Å²) in [6.07, 6.45) is 2.22. The molecule has 2 aromatic carbocycles. The van der Waals surface area contributed by atoms with Gasteiger partial charge in [0, 0.05) is 17.7 Å². The van der Waals surface area contributed by atoms with Crippen LogP contribution in [0.1, 0.15) is 46.0 Å². The first kappa shape index (κ1) is 19.9. The number of carbonyl (C=O) groups excluding carboxylic acids is 2. The van der Waals surface area contributed by atoms with Crippen LogP contribution in [0.2, 0.25) is 0 Å². The molecule has 0 unspecified atom stereocenters. The quantitative estimate of drug-likeness (QED) is 0.509. The molecule has 6 nitrogen and oxygen atoms in total. The molecule has 0 N–H and O–H groups in total. The van der Waals surface area contributed by atoms with Gasteiger partial charge in [-0.3, -0.25) is 4.79 Å². The third kappa shape index (κ3) is 5.10. The highest BCUT2D eigenvalue weighted by atomic mass is 16.5. The lowest BCUT2D eigenvalue weighted by molar-refractivity contribution is 0.0469. The van der Waals surface area contributed by atoms with E-state index in [1.165, 1.54) is 14.0 Å². The fraction of sp³-hybridized carbons (Fsp3) is 0.364. The van der Waals surface area contributed by atoms with E-state index in [0.717, 1.165) is 19.4 Å². The van der Waals surface area contributed by atoms with Crippen LogP contribution in [0.3, 0.4) is 0 Å². The topological polar surface area (TPSA) is 71.1 Å². The molecule has 1 aliphatic rings. The van der Waals surface area contributed by atoms with E-state index in [2.05, 4.69) is 0 Å². The second kappa shape index (κ2) is 9.37. The average molecular weight is 384 g/mol. The molecule has 1 heterocycles. The Labute approximate surface area is 164 Å². The van der Waals surface area contributed by atoms with Crippen LogP contribution in [0.5, 0.6) is 11.5 Å². The van der Waals surface area contributed by atoms with E-state index >= 15 is 0 Å². The van der Waals surface area contributed by atoms with Crippen molar-refractivity contribution in [1.29, 1.82) is 0 Å². The Balaban J connectivity index is 1.57. The number of carbonyl (C=O) groups is 2. The summed E-state index contributed by atoms with van der Waals surface area (Å²) in [6, 6.07) is 11.9. The summed E-state index contributed by atoms with van der Waals surface area (Å²) < 4.78 is 21.9. The Morgan fingerprint density at radius 1 is 1.11 bits per heavy atom. The number of hydrogen-bond acceptors (Lipinski definition) is 6. The molecule has 0 spiro atoms. The molecule has 0 amide bonds. The molecule has 1 atom stereocenters. The van der Waals surface area contributed by atoms with Gasteiger partial charge in [-0.15, -0.1) is 0 Å².